The molecule has 0 radical (unpaired) electrons. The van der Waals surface area contributed by atoms with Crippen LogP contribution < -0.4 is 11.1 Å². The molecule has 0 aliphatic carbocycles. The van der Waals surface area contributed by atoms with E-state index in [1.54, 1.807) is 7.11 Å². The van der Waals surface area contributed by atoms with E-state index in [0.29, 0.717) is 47.4 Å². The molecule has 3 rings (SSSR count). The number of aromatic nitrogens is 4. The van der Waals surface area contributed by atoms with Gasteiger partial charge in [0.1, 0.15) is 0 Å². The summed E-state index contributed by atoms with van der Waals surface area (Å²) in [6, 6.07) is 10.1. The quantitative estimate of drug-likeness (QED) is 0.506. The molecule has 3 N–H and O–H groups in total. The minimum absolute atomic E-state index is 0.349. The molecule has 3 aromatic rings. The van der Waals surface area contributed by atoms with Gasteiger partial charge in [-0.25, -0.2) is 4.98 Å². The number of fused-ring (bicyclic) bond motifs is 1. The van der Waals surface area contributed by atoms with Gasteiger partial charge in [-0.15, -0.1) is 0 Å². The Bertz CT molecular complexity index is 805. The monoisotopic (exact) mass is 376 g/mol. The fourth-order valence-corrected chi connectivity index (χ4v) is 2.72. The smallest absolute Gasteiger partial charge is 0.226 e. The van der Waals surface area contributed by atoms with E-state index in [2.05, 4.69) is 48.3 Å². The second-order valence-electron chi connectivity index (χ2n) is 4.98. The number of hydrogen-bond acceptors (Lipinski definition) is 6. The molecule has 1 aromatic carbocycles. The lowest BCUT2D eigenvalue weighted by Crippen LogP contribution is -2.12. The van der Waals surface area contributed by atoms with Gasteiger partial charge in [0.2, 0.25) is 5.95 Å². The third kappa shape index (κ3) is 3.43. The zero-order valence-electron chi connectivity index (χ0n) is 12.7. The summed E-state index contributed by atoms with van der Waals surface area (Å²) in [7, 11) is 1.64. The van der Waals surface area contributed by atoms with Crippen LogP contribution in [0.25, 0.3) is 11.2 Å². The number of halogens is 1. The average molecular weight is 377 g/mol. The summed E-state index contributed by atoms with van der Waals surface area (Å²) in [5.41, 5.74) is 8.45. The van der Waals surface area contributed by atoms with Crippen molar-refractivity contribution < 1.29 is 4.74 Å². The SMILES string of the molecule is COCCNc1nc(N)c2nc(Br)n(Cc3ccccc3)c2n1. The van der Waals surface area contributed by atoms with Crippen LogP contribution in [0.2, 0.25) is 0 Å². The Morgan fingerprint density at radius 1 is 1.22 bits per heavy atom. The molecule has 8 heteroatoms. The molecular weight excluding hydrogens is 360 g/mol. The lowest BCUT2D eigenvalue weighted by atomic mass is 10.2. The first-order chi connectivity index (χ1) is 11.2. The van der Waals surface area contributed by atoms with E-state index in [0.717, 1.165) is 5.56 Å². The number of benzene rings is 1. The van der Waals surface area contributed by atoms with Crippen molar-refractivity contribution in [2.24, 2.45) is 0 Å². The maximum absolute atomic E-state index is 6.02. The zero-order chi connectivity index (χ0) is 16.2. The second-order valence-corrected chi connectivity index (χ2v) is 5.69. The van der Waals surface area contributed by atoms with Gasteiger partial charge in [0.15, 0.2) is 21.7 Å². The fourth-order valence-electron chi connectivity index (χ4n) is 2.25. The number of anilines is 2. The van der Waals surface area contributed by atoms with Crippen LogP contribution >= 0.6 is 15.9 Å². The average Bonchev–Trinajstić information content (AvgIpc) is 2.86. The first-order valence-electron chi connectivity index (χ1n) is 7.15. The standard InChI is InChI=1S/C15H17BrN6O/c1-23-8-7-18-15-20-12(17)11-13(21-15)22(14(16)19-11)9-10-5-3-2-4-6-10/h2-6H,7-9H2,1H3,(H3,17,18,20,21). The molecule has 120 valence electrons. The summed E-state index contributed by atoms with van der Waals surface area (Å²) in [6.07, 6.45) is 0. The van der Waals surface area contributed by atoms with Gasteiger partial charge in [0.05, 0.1) is 13.2 Å². The normalized spacial score (nSPS) is 11.0. The molecule has 0 spiro atoms. The second kappa shape index (κ2) is 6.93. The molecule has 0 amide bonds. The number of ether oxygens (including phenoxy) is 1. The van der Waals surface area contributed by atoms with Crippen molar-refractivity contribution in [2.75, 3.05) is 31.3 Å². The summed E-state index contributed by atoms with van der Waals surface area (Å²) >= 11 is 3.48. The molecule has 2 aromatic heterocycles. The van der Waals surface area contributed by atoms with Crippen molar-refractivity contribution >= 4 is 38.9 Å². The third-order valence-corrected chi connectivity index (χ3v) is 3.95. The molecule has 0 aliphatic heterocycles. The molecular formula is C15H17BrN6O. The summed E-state index contributed by atoms with van der Waals surface area (Å²) in [5.74, 6) is 0.816. The minimum atomic E-state index is 0.349. The first kappa shape index (κ1) is 15.7. The molecule has 0 fully saturated rings. The van der Waals surface area contributed by atoms with Crippen LogP contribution in [0.1, 0.15) is 5.56 Å². The molecule has 23 heavy (non-hydrogen) atoms. The Labute approximate surface area is 142 Å². The Morgan fingerprint density at radius 2 is 2.00 bits per heavy atom. The van der Waals surface area contributed by atoms with Gasteiger partial charge in [0.25, 0.3) is 0 Å². The van der Waals surface area contributed by atoms with E-state index < -0.39 is 0 Å². The fraction of sp³-hybridized carbons (Fsp3) is 0.267. The highest BCUT2D eigenvalue weighted by Crippen LogP contribution is 2.24. The summed E-state index contributed by atoms with van der Waals surface area (Å²) in [4.78, 5) is 13.2. The van der Waals surface area contributed by atoms with Crippen LogP contribution in [0.4, 0.5) is 11.8 Å². The minimum Gasteiger partial charge on any atom is -0.383 e. The van der Waals surface area contributed by atoms with Crippen LogP contribution in [0.5, 0.6) is 0 Å². The van der Waals surface area contributed by atoms with Crippen molar-refractivity contribution in [3.05, 3.63) is 40.6 Å². The number of nitrogen functional groups attached to an aromatic ring is 1. The molecule has 0 unspecified atom stereocenters. The Hall–Kier alpha value is -2.19. The number of nitrogens with zero attached hydrogens (tertiary/aromatic N) is 4. The lowest BCUT2D eigenvalue weighted by Gasteiger charge is -2.08. The van der Waals surface area contributed by atoms with Gasteiger partial charge in [-0.3, -0.25) is 4.57 Å². The Balaban J connectivity index is 1.98. The van der Waals surface area contributed by atoms with Crippen LogP contribution in [-0.2, 0) is 11.3 Å². The van der Waals surface area contributed by atoms with Crippen molar-refractivity contribution in [1.82, 2.24) is 19.5 Å². The van der Waals surface area contributed by atoms with Gasteiger partial charge >= 0.3 is 0 Å². The van der Waals surface area contributed by atoms with Gasteiger partial charge in [-0.1, -0.05) is 30.3 Å². The highest BCUT2D eigenvalue weighted by Gasteiger charge is 2.15. The highest BCUT2D eigenvalue weighted by atomic mass is 79.9. The highest BCUT2D eigenvalue weighted by molar-refractivity contribution is 9.10. The molecule has 0 bridgehead atoms. The van der Waals surface area contributed by atoms with Crippen molar-refractivity contribution in [2.45, 2.75) is 6.54 Å². The maximum Gasteiger partial charge on any atom is 0.226 e. The van der Waals surface area contributed by atoms with Crippen LogP contribution in [-0.4, -0.2) is 39.8 Å². The molecule has 2 heterocycles. The van der Waals surface area contributed by atoms with Gasteiger partial charge in [0, 0.05) is 13.7 Å². The van der Waals surface area contributed by atoms with E-state index in [-0.39, 0.29) is 0 Å². The van der Waals surface area contributed by atoms with Crippen LogP contribution in [0.15, 0.2) is 35.1 Å². The van der Waals surface area contributed by atoms with E-state index in [1.165, 1.54) is 0 Å². The maximum atomic E-state index is 6.02. The number of hydrogen-bond donors (Lipinski definition) is 2. The van der Waals surface area contributed by atoms with Crippen molar-refractivity contribution in [3.63, 3.8) is 0 Å². The summed E-state index contributed by atoms with van der Waals surface area (Å²) < 4.78 is 7.65. The molecule has 0 saturated carbocycles. The van der Waals surface area contributed by atoms with Crippen molar-refractivity contribution in [1.29, 1.82) is 0 Å². The van der Waals surface area contributed by atoms with E-state index in [1.807, 2.05) is 22.8 Å². The number of methoxy groups -OCH3 is 1. The molecule has 0 saturated heterocycles. The number of nitrogens with two attached hydrogens (primary N) is 1. The Morgan fingerprint density at radius 3 is 2.74 bits per heavy atom. The van der Waals surface area contributed by atoms with E-state index in [9.17, 15) is 0 Å². The van der Waals surface area contributed by atoms with E-state index in [4.69, 9.17) is 10.5 Å². The zero-order valence-corrected chi connectivity index (χ0v) is 14.2. The number of rotatable bonds is 6. The van der Waals surface area contributed by atoms with Gasteiger partial charge < -0.3 is 15.8 Å². The molecule has 7 nitrogen and oxygen atoms in total. The number of nitrogens with one attached hydrogen (secondary N) is 1. The first-order valence-corrected chi connectivity index (χ1v) is 7.94. The molecule has 0 aliphatic rings. The largest absolute Gasteiger partial charge is 0.383 e. The van der Waals surface area contributed by atoms with Gasteiger partial charge in [-0.2, -0.15) is 9.97 Å². The summed E-state index contributed by atoms with van der Waals surface area (Å²) in [6.45, 7) is 1.82. The predicted octanol–water partition coefficient (Wildman–Crippen LogP) is 2.28. The van der Waals surface area contributed by atoms with Crippen LogP contribution in [0.3, 0.4) is 0 Å². The third-order valence-electron chi connectivity index (χ3n) is 3.35. The number of imidazole rings is 1. The lowest BCUT2D eigenvalue weighted by molar-refractivity contribution is 0.210. The topological polar surface area (TPSA) is 90.9 Å². The van der Waals surface area contributed by atoms with Crippen LogP contribution in [0, 0.1) is 0 Å². The van der Waals surface area contributed by atoms with Gasteiger partial charge in [-0.05, 0) is 21.5 Å². The summed E-state index contributed by atoms with van der Waals surface area (Å²) in [5, 5.41) is 3.10. The van der Waals surface area contributed by atoms with E-state index >= 15 is 0 Å². The molecule has 0 atom stereocenters. The predicted molar refractivity (Wildman–Crippen MR) is 93.3 cm³/mol. The van der Waals surface area contributed by atoms with Crippen molar-refractivity contribution in [3.8, 4) is 0 Å². The Kier molecular flexibility index (Phi) is 4.73.